The summed E-state index contributed by atoms with van der Waals surface area (Å²) >= 11 is 6.90. The molecule has 0 aliphatic carbocycles. The maximum absolute atomic E-state index is 12.6. The molecule has 2 aromatic heterocycles. The number of piperazine rings is 1. The molecule has 1 N–H and O–H groups in total. The third kappa shape index (κ3) is 3.53. The predicted molar refractivity (Wildman–Crippen MR) is 102 cm³/mol. The lowest BCUT2D eigenvalue weighted by atomic mass is 10.2. The maximum Gasteiger partial charge on any atom is 0.252 e. The zero-order valence-corrected chi connectivity index (χ0v) is 17.1. The number of hydrogen-bond acceptors (Lipinski definition) is 5. The average molecular weight is 415 g/mol. The molecule has 0 spiro atoms. The van der Waals surface area contributed by atoms with Crippen molar-refractivity contribution < 1.29 is 13.3 Å². The summed E-state index contributed by atoms with van der Waals surface area (Å²) in [5.74, 6) is 1.10. The molecule has 0 aromatic carbocycles. The Hall–Kier alpha value is -1.07. The molecule has 0 bridgehead atoms. The first-order valence-electron chi connectivity index (χ1n) is 9.09. The highest BCUT2D eigenvalue weighted by molar-refractivity contribution is 7.91. The van der Waals surface area contributed by atoms with Gasteiger partial charge in [0, 0.05) is 13.0 Å². The molecule has 26 heavy (non-hydrogen) atoms. The van der Waals surface area contributed by atoms with Crippen molar-refractivity contribution in [3.63, 3.8) is 0 Å². The van der Waals surface area contributed by atoms with Gasteiger partial charge in [-0.3, -0.25) is 0 Å². The van der Waals surface area contributed by atoms with Crippen molar-refractivity contribution in [3.8, 4) is 0 Å². The van der Waals surface area contributed by atoms with E-state index in [1.54, 1.807) is 21.8 Å². The standard InChI is InChI=1S/C16H23N5O2S3/c22-26(23,15-6-4-12-25-15)19-10-8-18(9-11-19)13-21-16(24)20-7-3-1-2-5-14(20)17-21/h4,6,12H,1-3,5,7-11,13H2/p+1. The van der Waals surface area contributed by atoms with Crippen LogP contribution in [0.1, 0.15) is 25.1 Å². The number of thiophene rings is 1. The van der Waals surface area contributed by atoms with Crippen molar-refractivity contribution >= 4 is 33.6 Å². The normalized spacial score (nSPS) is 20.0. The molecule has 0 saturated carbocycles. The van der Waals surface area contributed by atoms with Crippen LogP contribution < -0.4 is 4.90 Å². The van der Waals surface area contributed by atoms with E-state index in [4.69, 9.17) is 17.3 Å². The first-order valence-corrected chi connectivity index (χ1v) is 11.8. The summed E-state index contributed by atoms with van der Waals surface area (Å²) in [6.07, 6.45) is 4.58. The van der Waals surface area contributed by atoms with Crippen LogP contribution in [0.3, 0.4) is 0 Å². The molecule has 142 valence electrons. The van der Waals surface area contributed by atoms with Crippen LogP contribution in [0, 0.1) is 4.77 Å². The van der Waals surface area contributed by atoms with Gasteiger partial charge in [0.2, 0.25) is 4.77 Å². The largest absolute Gasteiger partial charge is 0.314 e. The summed E-state index contributed by atoms with van der Waals surface area (Å²) in [7, 11) is -3.34. The molecule has 1 fully saturated rings. The van der Waals surface area contributed by atoms with Crippen LogP contribution in [0.5, 0.6) is 0 Å². The molecule has 0 unspecified atom stereocenters. The highest BCUT2D eigenvalue weighted by Crippen LogP contribution is 2.20. The zero-order chi connectivity index (χ0) is 18.1. The highest BCUT2D eigenvalue weighted by Gasteiger charge is 2.31. The fourth-order valence-corrected chi connectivity index (χ4v) is 6.57. The van der Waals surface area contributed by atoms with E-state index in [0.717, 1.165) is 36.7 Å². The molecule has 10 heteroatoms. The number of hydrogen-bond donors (Lipinski definition) is 1. The van der Waals surface area contributed by atoms with E-state index in [0.29, 0.717) is 24.0 Å². The summed E-state index contributed by atoms with van der Waals surface area (Å²) in [4.78, 5) is 1.33. The zero-order valence-electron chi connectivity index (χ0n) is 14.6. The third-order valence-electron chi connectivity index (χ3n) is 5.17. The van der Waals surface area contributed by atoms with Crippen molar-refractivity contribution in [3.05, 3.63) is 28.1 Å². The molecule has 4 rings (SSSR count). The van der Waals surface area contributed by atoms with Gasteiger partial charge in [-0.2, -0.15) is 14.1 Å². The maximum atomic E-state index is 12.6. The first kappa shape index (κ1) is 18.3. The van der Waals surface area contributed by atoms with Gasteiger partial charge in [0.05, 0.1) is 26.2 Å². The highest BCUT2D eigenvalue weighted by atomic mass is 32.2. The fourth-order valence-electron chi connectivity index (χ4n) is 3.68. The molecule has 0 radical (unpaired) electrons. The Morgan fingerprint density at radius 3 is 2.73 bits per heavy atom. The van der Waals surface area contributed by atoms with Gasteiger partial charge in [-0.25, -0.2) is 8.42 Å². The third-order valence-corrected chi connectivity index (χ3v) is 8.88. The Morgan fingerprint density at radius 2 is 2.00 bits per heavy atom. The van der Waals surface area contributed by atoms with Gasteiger partial charge in [0.25, 0.3) is 10.0 Å². The molecule has 2 aromatic rings. The second-order valence-electron chi connectivity index (χ2n) is 6.90. The second kappa shape index (κ2) is 7.51. The van der Waals surface area contributed by atoms with E-state index < -0.39 is 10.0 Å². The Bertz CT molecular complexity index is 908. The van der Waals surface area contributed by atoms with E-state index in [9.17, 15) is 8.42 Å². The van der Waals surface area contributed by atoms with Gasteiger partial charge in [-0.1, -0.05) is 12.5 Å². The molecule has 0 atom stereocenters. The Balaban J connectivity index is 1.41. The molecular formula is C16H24N5O2S3+. The van der Waals surface area contributed by atoms with E-state index in [2.05, 4.69) is 4.57 Å². The average Bonchev–Trinajstić information content (AvgIpc) is 3.20. The SMILES string of the molecule is O=S(=O)(c1cccs1)N1CC[NH+](Cn2nc3n(c2=S)CCCCC3)CC1. The van der Waals surface area contributed by atoms with E-state index in [1.807, 2.05) is 4.68 Å². The van der Waals surface area contributed by atoms with Gasteiger partial charge in [0.15, 0.2) is 6.67 Å². The second-order valence-corrected chi connectivity index (χ2v) is 10.4. The van der Waals surface area contributed by atoms with E-state index in [1.165, 1.54) is 35.5 Å². The Labute approximate surface area is 162 Å². The summed E-state index contributed by atoms with van der Waals surface area (Å²) in [5, 5.41) is 6.54. The number of nitrogens with one attached hydrogen (secondary N) is 1. The van der Waals surface area contributed by atoms with Crippen molar-refractivity contribution in [2.75, 3.05) is 26.2 Å². The number of fused-ring (bicyclic) bond motifs is 1. The van der Waals surface area contributed by atoms with Crippen LogP contribution in [0.2, 0.25) is 0 Å². The number of quaternary nitrogens is 1. The van der Waals surface area contributed by atoms with Crippen LogP contribution in [-0.4, -0.2) is 53.2 Å². The van der Waals surface area contributed by atoms with Crippen molar-refractivity contribution in [1.82, 2.24) is 18.7 Å². The molecule has 4 heterocycles. The number of sulfonamides is 1. The monoisotopic (exact) mass is 414 g/mol. The van der Waals surface area contributed by atoms with Crippen LogP contribution >= 0.6 is 23.6 Å². The summed E-state index contributed by atoms with van der Waals surface area (Å²) < 4.78 is 32.2. The summed E-state index contributed by atoms with van der Waals surface area (Å²) in [6.45, 7) is 4.30. The number of aromatic nitrogens is 3. The molecule has 2 aliphatic rings. The van der Waals surface area contributed by atoms with Crippen LogP contribution in [-0.2, 0) is 29.7 Å². The van der Waals surface area contributed by atoms with Gasteiger partial charge < -0.3 is 9.47 Å². The summed E-state index contributed by atoms with van der Waals surface area (Å²) in [6, 6.07) is 3.46. The van der Waals surface area contributed by atoms with Crippen molar-refractivity contribution in [1.29, 1.82) is 0 Å². The van der Waals surface area contributed by atoms with Gasteiger partial charge in [-0.05, 0) is 36.5 Å². The molecule has 2 aliphatic heterocycles. The minimum atomic E-state index is -3.34. The molecule has 1 saturated heterocycles. The Kier molecular flexibility index (Phi) is 5.29. The summed E-state index contributed by atoms with van der Waals surface area (Å²) in [5.41, 5.74) is 0. The topological polar surface area (TPSA) is 64.6 Å². The number of aryl methyl sites for hydroxylation is 1. The van der Waals surface area contributed by atoms with Gasteiger partial charge >= 0.3 is 0 Å². The minimum absolute atomic E-state index is 0.431. The van der Waals surface area contributed by atoms with Crippen molar-refractivity contribution in [2.45, 2.75) is 43.1 Å². The van der Waals surface area contributed by atoms with E-state index in [-0.39, 0.29) is 0 Å². The van der Waals surface area contributed by atoms with E-state index >= 15 is 0 Å². The van der Waals surface area contributed by atoms with Crippen molar-refractivity contribution in [2.24, 2.45) is 0 Å². The molecule has 0 amide bonds. The lowest BCUT2D eigenvalue weighted by Crippen LogP contribution is -3.14. The number of nitrogens with zero attached hydrogens (tertiary/aromatic N) is 4. The first-order chi connectivity index (χ1) is 12.6. The lowest BCUT2D eigenvalue weighted by molar-refractivity contribution is -0.926. The molecule has 7 nitrogen and oxygen atoms in total. The van der Waals surface area contributed by atoms with Crippen LogP contribution in [0.15, 0.2) is 21.7 Å². The quantitative estimate of drug-likeness (QED) is 0.750. The lowest BCUT2D eigenvalue weighted by Gasteiger charge is -2.30. The Morgan fingerprint density at radius 1 is 1.19 bits per heavy atom. The van der Waals surface area contributed by atoms with Gasteiger partial charge in [0.1, 0.15) is 10.0 Å². The number of rotatable bonds is 4. The minimum Gasteiger partial charge on any atom is -0.314 e. The van der Waals surface area contributed by atoms with Gasteiger partial charge in [-0.15, -0.1) is 11.3 Å². The predicted octanol–water partition coefficient (Wildman–Crippen LogP) is 0.749. The van der Waals surface area contributed by atoms with Crippen LogP contribution in [0.25, 0.3) is 0 Å². The fraction of sp³-hybridized carbons (Fsp3) is 0.625. The molecular weight excluding hydrogens is 390 g/mol. The van der Waals surface area contributed by atoms with Crippen LogP contribution in [0.4, 0.5) is 0 Å². The smallest absolute Gasteiger partial charge is 0.252 e.